The van der Waals surface area contributed by atoms with Crippen LogP contribution in [0.1, 0.15) is 73.5 Å². The molecule has 0 spiro atoms. The Labute approximate surface area is 270 Å². The standard InChI is InChI=1S/C21H19N5O5.C9H10N2O2.CH4.ClH/c1-3-8-31-20(30)13-4-5-14-12(11(13)2)6-7-15(14)24-18(27)17-9-16(19(28)29)25-21-22-10-23-26(17)21;10-4-6-1-2-8-7(3-6)11-9(12)5-13-8;;/h3-5,9-10,15H,1,6-8H2,2H3,(H,24,27)(H,28,29);1-3H,4-5,10H2,(H,11,12);1H4;1H/t15-;;;/m0.../s1. The molecular formula is C31H34ClN7O7. The van der Waals surface area contributed by atoms with E-state index in [4.69, 9.17) is 15.2 Å². The van der Waals surface area contributed by atoms with Gasteiger partial charge in [-0.3, -0.25) is 9.59 Å². The first-order chi connectivity index (χ1) is 21.2. The Morgan fingerprint density at radius 1 is 1.26 bits per heavy atom. The zero-order valence-electron chi connectivity index (χ0n) is 24.1. The van der Waals surface area contributed by atoms with Crippen molar-refractivity contribution < 1.29 is 33.8 Å². The third-order valence-corrected chi connectivity index (χ3v) is 7.17. The fraction of sp³-hybridized carbons (Fsp3) is 0.258. The van der Waals surface area contributed by atoms with E-state index in [9.17, 15) is 24.3 Å². The fourth-order valence-electron chi connectivity index (χ4n) is 5.04. The van der Waals surface area contributed by atoms with E-state index >= 15 is 0 Å². The normalized spacial score (nSPS) is 14.0. The lowest BCUT2D eigenvalue weighted by Crippen LogP contribution is -2.29. The van der Waals surface area contributed by atoms with Gasteiger partial charge < -0.3 is 30.9 Å². The molecule has 1 aliphatic heterocycles. The number of halogens is 1. The zero-order chi connectivity index (χ0) is 31.4. The van der Waals surface area contributed by atoms with Gasteiger partial charge in [-0.15, -0.1) is 12.4 Å². The van der Waals surface area contributed by atoms with Gasteiger partial charge in [0.1, 0.15) is 24.4 Å². The molecule has 0 radical (unpaired) electrons. The number of amides is 2. The molecule has 2 aromatic heterocycles. The van der Waals surface area contributed by atoms with Crippen molar-refractivity contribution in [1.82, 2.24) is 24.9 Å². The van der Waals surface area contributed by atoms with Crippen LogP contribution in [0.25, 0.3) is 5.78 Å². The number of hydrogen-bond donors (Lipinski definition) is 4. The molecule has 2 aromatic carbocycles. The number of benzene rings is 2. The number of aromatic carboxylic acids is 1. The van der Waals surface area contributed by atoms with Crippen molar-refractivity contribution in [2.24, 2.45) is 5.73 Å². The lowest BCUT2D eigenvalue weighted by molar-refractivity contribution is -0.118. The molecule has 4 aromatic rings. The van der Waals surface area contributed by atoms with Crippen LogP contribution in [0, 0.1) is 6.92 Å². The maximum Gasteiger partial charge on any atom is 0.354 e. The number of nitrogens with zero attached hydrogens (tertiary/aromatic N) is 4. The number of anilines is 1. The molecule has 0 bridgehead atoms. The maximum absolute atomic E-state index is 13.0. The summed E-state index contributed by atoms with van der Waals surface area (Å²) in [5, 5.41) is 18.9. The molecule has 0 saturated carbocycles. The molecule has 46 heavy (non-hydrogen) atoms. The highest BCUT2D eigenvalue weighted by Gasteiger charge is 2.29. The average molecular weight is 652 g/mol. The van der Waals surface area contributed by atoms with E-state index in [0.717, 1.165) is 22.3 Å². The zero-order valence-corrected chi connectivity index (χ0v) is 24.9. The Bertz CT molecular complexity index is 1810. The number of rotatable bonds is 7. The summed E-state index contributed by atoms with van der Waals surface area (Å²) in [4.78, 5) is 55.3. The van der Waals surface area contributed by atoms with E-state index in [1.807, 2.05) is 31.2 Å². The number of hydrogen-bond acceptors (Lipinski definition) is 10. The second kappa shape index (κ2) is 15.1. The second-order valence-corrected chi connectivity index (χ2v) is 9.93. The number of esters is 1. The van der Waals surface area contributed by atoms with Gasteiger partial charge in [0, 0.05) is 12.6 Å². The Balaban J connectivity index is 0.000000323. The van der Waals surface area contributed by atoms with Gasteiger partial charge in [0.25, 0.3) is 17.6 Å². The first-order valence-electron chi connectivity index (χ1n) is 13.6. The molecular weight excluding hydrogens is 618 g/mol. The Hall–Kier alpha value is -5.34. The van der Waals surface area contributed by atoms with E-state index < -0.39 is 17.8 Å². The van der Waals surface area contributed by atoms with Crippen molar-refractivity contribution in [3.05, 3.63) is 94.6 Å². The summed E-state index contributed by atoms with van der Waals surface area (Å²) in [5.41, 5.74) is 10.1. The molecule has 3 heterocycles. The molecule has 1 atom stereocenters. The van der Waals surface area contributed by atoms with Crippen LogP contribution in [-0.4, -0.2) is 61.7 Å². The highest BCUT2D eigenvalue weighted by atomic mass is 35.5. The summed E-state index contributed by atoms with van der Waals surface area (Å²) in [5.74, 6) is -1.57. The molecule has 0 saturated heterocycles. The van der Waals surface area contributed by atoms with E-state index in [1.54, 1.807) is 6.07 Å². The summed E-state index contributed by atoms with van der Waals surface area (Å²) in [6, 6.07) is 9.90. The largest absolute Gasteiger partial charge is 0.482 e. The lowest BCUT2D eigenvalue weighted by Gasteiger charge is -2.18. The molecule has 14 nitrogen and oxygen atoms in total. The van der Waals surface area contributed by atoms with Gasteiger partial charge in [-0.25, -0.2) is 14.6 Å². The van der Waals surface area contributed by atoms with Gasteiger partial charge in [-0.05, 0) is 60.2 Å². The summed E-state index contributed by atoms with van der Waals surface area (Å²) >= 11 is 0. The van der Waals surface area contributed by atoms with Crippen LogP contribution in [0.4, 0.5) is 5.69 Å². The van der Waals surface area contributed by atoms with Gasteiger partial charge in [0.2, 0.25) is 0 Å². The molecule has 5 N–H and O–H groups in total. The molecule has 2 amide bonds. The van der Waals surface area contributed by atoms with E-state index in [-0.39, 0.29) is 62.2 Å². The van der Waals surface area contributed by atoms with Crippen molar-refractivity contribution in [3.8, 4) is 5.75 Å². The number of carboxylic acids is 1. The van der Waals surface area contributed by atoms with Crippen LogP contribution in [0.15, 0.2) is 55.4 Å². The third kappa shape index (κ3) is 7.30. The van der Waals surface area contributed by atoms with E-state index in [0.29, 0.717) is 36.4 Å². The number of carbonyl (C=O) groups is 4. The highest BCUT2D eigenvalue weighted by molar-refractivity contribution is 5.97. The smallest absolute Gasteiger partial charge is 0.354 e. The Kier molecular flexibility index (Phi) is 11.5. The second-order valence-electron chi connectivity index (χ2n) is 9.93. The summed E-state index contributed by atoms with van der Waals surface area (Å²) in [7, 11) is 0. The molecule has 0 fully saturated rings. The number of carboxylic acid groups (broad SMARTS) is 1. The lowest BCUT2D eigenvalue weighted by atomic mass is 9.98. The first-order valence-corrected chi connectivity index (χ1v) is 13.6. The number of nitrogens with two attached hydrogens (primary N) is 1. The molecule has 6 rings (SSSR count). The van der Waals surface area contributed by atoms with Crippen LogP contribution in [0.3, 0.4) is 0 Å². The predicted molar refractivity (Wildman–Crippen MR) is 170 cm³/mol. The van der Waals surface area contributed by atoms with Crippen LogP contribution in [0.2, 0.25) is 0 Å². The molecule has 0 unspecified atom stereocenters. The maximum atomic E-state index is 13.0. The van der Waals surface area contributed by atoms with Gasteiger partial charge in [0.05, 0.1) is 17.3 Å². The number of nitrogens with one attached hydrogen (secondary N) is 2. The minimum Gasteiger partial charge on any atom is -0.482 e. The third-order valence-electron chi connectivity index (χ3n) is 7.17. The van der Waals surface area contributed by atoms with Gasteiger partial charge in [-0.2, -0.15) is 14.6 Å². The van der Waals surface area contributed by atoms with Crippen molar-refractivity contribution in [3.63, 3.8) is 0 Å². The van der Waals surface area contributed by atoms with Crippen LogP contribution < -0.4 is 21.1 Å². The summed E-state index contributed by atoms with van der Waals surface area (Å²) in [6.07, 6.45) is 4.04. The first kappa shape index (κ1) is 35.1. The Morgan fingerprint density at radius 3 is 2.76 bits per heavy atom. The SMILES string of the molecule is C.C=CCOC(=O)c1ccc2c(c1C)CC[C@@H]2NC(=O)c1cc(C(=O)O)nc2ncnn12.Cl.NCc1ccc2c(c1)NC(=O)CO2. The van der Waals surface area contributed by atoms with Crippen molar-refractivity contribution >= 4 is 47.6 Å². The number of ether oxygens (including phenoxy) is 2. The number of carbonyl (C=O) groups excluding carboxylic acids is 3. The van der Waals surface area contributed by atoms with Crippen LogP contribution in [0.5, 0.6) is 5.75 Å². The highest BCUT2D eigenvalue weighted by Crippen LogP contribution is 2.35. The van der Waals surface area contributed by atoms with Crippen molar-refractivity contribution in [2.45, 2.75) is 39.8 Å². The van der Waals surface area contributed by atoms with E-state index in [2.05, 4.69) is 32.3 Å². The summed E-state index contributed by atoms with van der Waals surface area (Å²) < 4.78 is 11.5. The van der Waals surface area contributed by atoms with Gasteiger partial charge in [0.15, 0.2) is 12.3 Å². The number of fused-ring (bicyclic) bond motifs is 3. The molecule has 2 aliphatic rings. The molecule has 1 aliphatic carbocycles. The van der Waals surface area contributed by atoms with Gasteiger partial charge in [-0.1, -0.05) is 32.2 Å². The van der Waals surface area contributed by atoms with Crippen LogP contribution >= 0.6 is 12.4 Å². The van der Waals surface area contributed by atoms with E-state index in [1.165, 1.54) is 23.0 Å². The minimum absolute atomic E-state index is 0. The topological polar surface area (TPSA) is 200 Å². The molecule has 15 heteroatoms. The minimum atomic E-state index is -1.27. The fourth-order valence-corrected chi connectivity index (χ4v) is 5.04. The predicted octanol–water partition coefficient (Wildman–Crippen LogP) is 3.43. The van der Waals surface area contributed by atoms with Crippen molar-refractivity contribution in [2.75, 3.05) is 18.5 Å². The van der Waals surface area contributed by atoms with Crippen LogP contribution in [-0.2, 0) is 22.5 Å². The number of aromatic nitrogens is 4. The monoisotopic (exact) mass is 651 g/mol. The summed E-state index contributed by atoms with van der Waals surface area (Å²) in [6.45, 7) is 6.08. The van der Waals surface area contributed by atoms with Crippen molar-refractivity contribution in [1.29, 1.82) is 0 Å². The average Bonchev–Trinajstić information content (AvgIpc) is 3.67. The van der Waals surface area contributed by atoms with Gasteiger partial charge >= 0.3 is 11.9 Å². The Morgan fingerprint density at radius 2 is 2.04 bits per heavy atom. The quantitative estimate of drug-likeness (QED) is 0.168. The molecule has 242 valence electrons.